The summed E-state index contributed by atoms with van der Waals surface area (Å²) in [6.45, 7) is 0. The van der Waals surface area contributed by atoms with Crippen LogP contribution in [0, 0.1) is 0 Å². The first-order valence-corrected chi connectivity index (χ1v) is 7.96. The van der Waals surface area contributed by atoms with Crippen molar-refractivity contribution in [2.45, 2.75) is 24.5 Å². The molecule has 0 amide bonds. The van der Waals surface area contributed by atoms with Crippen molar-refractivity contribution in [1.29, 1.82) is 0 Å². The molecule has 1 aromatic rings. The zero-order valence-corrected chi connectivity index (χ0v) is 14.4. The van der Waals surface area contributed by atoms with Crippen LogP contribution in [0.2, 0.25) is 0 Å². The molecule has 6 heteroatoms. The molecule has 2 aliphatic rings. The van der Waals surface area contributed by atoms with E-state index in [0.29, 0.717) is 12.8 Å². The molecule has 0 radical (unpaired) electrons. The van der Waals surface area contributed by atoms with E-state index in [1.54, 1.807) is 13.2 Å². The minimum absolute atomic E-state index is 0.225. The van der Waals surface area contributed by atoms with E-state index < -0.39 is 23.6 Å². The SMILES string of the molecule is COC(=O)C1=C(C(=O)OC)[C@]2(CCc3cccc(OC)c3)C=C[C@H]1O2. The minimum Gasteiger partial charge on any atom is -0.497 e. The smallest absolute Gasteiger partial charge is 0.337 e. The van der Waals surface area contributed by atoms with Crippen LogP contribution in [-0.2, 0) is 30.2 Å². The highest BCUT2D eigenvalue weighted by Crippen LogP contribution is 2.46. The van der Waals surface area contributed by atoms with Gasteiger partial charge in [-0.3, -0.25) is 0 Å². The number of aryl methyl sites for hydroxylation is 1. The Morgan fingerprint density at radius 3 is 2.60 bits per heavy atom. The summed E-state index contributed by atoms with van der Waals surface area (Å²) in [6, 6.07) is 7.69. The van der Waals surface area contributed by atoms with E-state index in [0.717, 1.165) is 11.3 Å². The lowest BCUT2D eigenvalue weighted by molar-refractivity contribution is -0.139. The third kappa shape index (κ3) is 2.93. The molecular weight excluding hydrogens is 324 g/mol. The summed E-state index contributed by atoms with van der Waals surface area (Å²) in [6.07, 6.45) is 4.18. The van der Waals surface area contributed by atoms with Crippen LogP contribution in [0.25, 0.3) is 0 Å². The number of fused-ring (bicyclic) bond motifs is 2. The second kappa shape index (κ2) is 6.72. The van der Waals surface area contributed by atoms with Crippen molar-refractivity contribution in [3.05, 3.63) is 53.1 Å². The Bertz CT molecular complexity index is 763. The van der Waals surface area contributed by atoms with E-state index in [9.17, 15) is 9.59 Å². The van der Waals surface area contributed by atoms with Crippen molar-refractivity contribution < 1.29 is 28.5 Å². The molecule has 0 fully saturated rings. The highest BCUT2D eigenvalue weighted by Gasteiger charge is 2.54. The second-order valence-electron chi connectivity index (χ2n) is 5.91. The van der Waals surface area contributed by atoms with Crippen molar-refractivity contribution in [1.82, 2.24) is 0 Å². The van der Waals surface area contributed by atoms with Gasteiger partial charge in [-0.05, 0) is 36.6 Å². The van der Waals surface area contributed by atoms with E-state index in [2.05, 4.69) is 0 Å². The topological polar surface area (TPSA) is 71.1 Å². The molecule has 2 bridgehead atoms. The molecule has 25 heavy (non-hydrogen) atoms. The molecule has 0 unspecified atom stereocenters. The Kier molecular flexibility index (Phi) is 4.63. The monoisotopic (exact) mass is 344 g/mol. The van der Waals surface area contributed by atoms with Crippen molar-refractivity contribution in [3.63, 3.8) is 0 Å². The summed E-state index contributed by atoms with van der Waals surface area (Å²) in [4.78, 5) is 24.4. The van der Waals surface area contributed by atoms with E-state index in [1.807, 2.05) is 30.3 Å². The molecule has 132 valence electrons. The summed E-state index contributed by atoms with van der Waals surface area (Å²) in [7, 11) is 4.18. The van der Waals surface area contributed by atoms with Gasteiger partial charge in [0.1, 0.15) is 17.5 Å². The lowest BCUT2D eigenvalue weighted by Crippen LogP contribution is -2.33. The van der Waals surface area contributed by atoms with Crippen LogP contribution in [0.4, 0.5) is 0 Å². The molecule has 2 atom stereocenters. The van der Waals surface area contributed by atoms with Crippen molar-refractivity contribution >= 4 is 11.9 Å². The van der Waals surface area contributed by atoms with Gasteiger partial charge in [0, 0.05) is 0 Å². The summed E-state index contributed by atoms with van der Waals surface area (Å²) in [5.74, 6) is -0.378. The molecule has 2 aliphatic heterocycles. The summed E-state index contributed by atoms with van der Waals surface area (Å²) in [5, 5.41) is 0. The Labute approximate surface area is 146 Å². The molecule has 6 nitrogen and oxygen atoms in total. The molecule has 3 rings (SSSR count). The van der Waals surface area contributed by atoms with Gasteiger partial charge in [-0.2, -0.15) is 0 Å². The first kappa shape index (κ1) is 17.2. The van der Waals surface area contributed by atoms with Gasteiger partial charge in [0.25, 0.3) is 0 Å². The summed E-state index contributed by atoms with van der Waals surface area (Å²) >= 11 is 0. The predicted molar refractivity (Wildman–Crippen MR) is 89.1 cm³/mol. The molecule has 0 saturated carbocycles. The van der Waals surface area contributed by atoms with Crippen LogP contribution >= 0.6 is 0 Å². The maximum Gasteiger partial charge on any atom is 0.337 e. The fourth-order valence-electron chi connectivity index (χ4n) is 3.35. The molecule has 0 aliphatic carbocycles. The second-order valence-corrected chi connectivity index (χ2v) is 5.91. The van der Waals surface area contributed by atoms with Gasteiger partial charge in [0.05, 0.1) is 32.5 Å². The largest absolute Gasteiger partial charge is 0.497 e. The number of hydrogen-bond acceptors (Lipinski definition) is 6. The number of carbonyl (C=O) groups excluding carboxylic acids is 2. The van der Waals surface area contributed by atoms with Crippen molar-refractivity contribution in [2.75, 3.05) is 21.3 Å². The van der Waals surface area contributed by atoms with Gasteiger partial charge >= 0.3 is 11.9 Å². The van der Waals surface area contributed by atoms with Gasteiger partial charge in [-0.15, -0.1) is 0 Å². The number of rotatable bonds is 6. The average Bonchev–Trinajstić information content (AvgIpc) is 3.22. The van der Waals surface area contributed by atoms with E-state index in [4.69, 9.17) is 18.9 Å². The van der Waals surface area contributed by atoms with Gasteiger partial charge in [-0.25, -0.2) is 9.59 Å². The Balaban J connectivity index is 1.90. The standard InChI is InChI=1S/C19H20O6/c1-22-13-6-4-5-12(11-13)7-9-19-10-8-14(25-19)15(17(20)23-2)16(19)18(21)24-3/h4-6,8,10-11,14H,7,9H2,1-3H3/t14-,19+/m1/s1. The fourth-order valence-corrected chi connectivity index (χ4v) is 3.35. The third-order valence-electron chi connectivity index (χ3n) is 4.57. The summed E-state index contributed by atoms with van der Waals surface area (Å²) in [5.41, 5.74) is 0.536. The van der Waals surface area contributed by atoms with Crippen LogP contribution in [-0.4, -0.2) is 45.0 Å². The Morgan fingerprint density at radius 1 is 1.16 bits per heavy atom. The molecule has 1 aromatic carbocycles. The summed E-state index contributed by atoms with van der Waals surface area (Å²) < 4.78 is 20.9. The van der Waals surface area contributed by atoms with Crippen LogP contribution in [0.15, 0.2) is 47.6 Å². The van der Waals surface area contributed by atoms with Gasteiger partial charge in [0.2, 0.25) is 0 Å². The Morgan fingerprint density at radius 2 is 1.92 bits per heavy atom. The highest BCUT2D eigenvalue weighted by atomic mass is 16.6. The maximum atomic E-state index is 12.3. The highest BCUT2D eigenvalue weighted by molar-refractivity contribution is 6.05. The van der Waals surface area contributed by atoms with Crippen LogP contribution in [0.1, 0.15) is 12.0 Å². The molecule has 2 heterocycles. The van der Waals surface area contributed by atoms with E-state index >= 15 is 0 Å². The number of hydrogen-bond donors (Lipinski definition) is 0. The number of ether oxygens (including phenoxy) is 4. The van der Waals surface area contributed by atoms with Crippen molar-refractivity contribution in [2.24, 2.45) is 0 Å². The number of benzene rings is 1. The van der Waals surface area contributed by atoms with E-state index in [1.165, 1.54) is 14.2 Å². The normalized spacial score (nSPS) is 23.7. The first-order valence-electron chi connectivity index (χ1n) is 7.96. The molecule has 0 N–H and O–H groups in total. The van der Waals surface area contributed by atoms with Crippen molar-refractivity contribution in [3.8, 4) is 5.75 Å². The fraction of sp³-hybridized carbons (Fsp3) is 0.368. The predicted octanol–water partition coefficient (Wildman–Crippen LogP) is 1.98. The lowest BCUT2D eigenvalue weighted by Gasteiger charge is -2.25. The quantitative estimate of drug-likeness (QED) is 0.580. The number of carbonyl (C=O) groups is 2. The maximum absolute atomic E-state index is 12.3. The molecule has 0 aromatic heterocycles. The van der Waals surface area contributed by atoms with Crippen LogP contribution in [0.5, 0.6) is 5.75 Å². The lowest BCUT2D eigenvalue weighted by atomic mass is 9.83. The molecular formula is C19H20O6. The molecule has 0 spiro atoms. The van der Waals surface area contributed by atoms with Gasteiger partial charge in [0.15, 0.2) is 0 Å². The third-order valence-corrected chi connectivity index (χ3v) is 4.57. The van der Waals surface area contributed by atoms with Gasteiger partial charge < -0.3 is 18.9 Å². The van der Waals surface area contributed by atoms with Crippen LogP contribution < -0.4 is 4.74 Å². The first-order chi connectivity index (χ1) is 12.0. The van der Waals surface area contributed by atoms with Crippen LogP contribution in [0.3, 0.4) is 0 Å². The molecule has 0 saturated heterocycles. The minimum atomic E-state index is -0.968. The number of methoxy groups -OCH3 is 3. The number of esters is 2. The zero-order valence-electron chi connectivity index (χ0n) is 14.4. The zero-order chi connectivity index (χ0) is 18.0. The average molecular weight is 344 g/mol. The Hall–Kier alpha value is -2.60. The van der Waals surface area contributed by atoms with Gasteiger partial charge in [-0.1, -0.05) is 18.2 Å². The van der Waals surface area contributed by atoms with E-state index in [-0.39, 0.29) is 11.1 Å².